The van der Waals surface area contributed by atoms with Crippen molar-refractivity contribution in [1.29, 1.82) is 15.8 Å². The Balaban J connectivity index is 0.000000941. The first-order valence-electron chi connectivity index (χ1n) is 9.46. The molecule has 6 nitrogen and oxygen atoms in total. The summed E-state index contributed by atoms with van der Waals surface area (Å²) >= 11 is 0. The lowest BCUT2D eigenvalue weighted by molar-refractivity contribution is 0.212. The molecule has 1 aliphatic carbocycles. The van der Waals surface area contributed by atoms with Crippen molar-refractivity contribution >= 4 is 0 Å². The van der Waals surface area contributed by atoms with Crippen LogP contribution in [0.5, 0.6) is 0 Å². The lowest BCUT2D eigenvalue weighted by atomic mass is 9.58. The summed E-state index contributed by atoms with van der Waals surface area (Å²) in [7, 11) is 0. The van der Waals surface area contributed by atoms with E-state index in [0.717, 1.165) is 6.54 Å². The largest absolute Gasteiger partial charge is 0.399 e. The molecule has 0 spiro atoms. The molecule has 2 unspecified atom stereocenters. The van der Waals surface area contributed by atoms with Gasteiger partial charge in [0.1, 0.15) is 11.9 Å². The number of benzene rings is 1. The Bertz CT molecular complexity index is 933. The van der Waals surface area contributed by atoms with Crippen molar-refractivity contribution in [3.05, 3.63) is 58.6 Å². The van der Waals surface area contributed by atoms with E-state index in [9.17, 15) is 20.2 Å². The number of halogens is 1. The molecule has 0 bridgehead atoms. The Morgan fingerprint density at radius 2 is 1.86 bits per heavy atom. The van der Waals surface area contributed by atoms with Crippen LogP contribution in [0.2, 0.25) is 0 Å². The van der Waals surface area contributed by atoms with Crippen LogP contribution < -0.4 is 5.73 Å². The molecule has 1 aromatic rings. The first-order chi connectivity index (χ1) is 13.9. The summed E-state index contributed by atoms with van der Waals surface area (Å²) < 4.78 is 14.7. The molecule has 3 rings (SSSR count). The van der Waals surface area contributed by atoms with Crippen LogP contribution in [-0.2, 0) is 0 Å². The van der Waals surface area contributed by atoms with Crippen LogP contribution in [0.4, 0.5) is 4.39 Å². The lowest BCUT2D eigenvalue weighted by Gasteiger charge is -2.45. The second-order valence-corrected chi connectivity index (χ2v) is 6.87. The predicted molar refractivity (Wildman–Crippen MR) is 106 cm³/mol. The van der Waals surface area contributed by atoms with Gasteiger partial charge in [0, 0.05) is 31.5 Å². The maximum Gasteiger partial charge on any atom is 0.191 e. The summed E-state index contributed by atoms with van der Waals surface area (Å²) in [5.41, 5.74) is 5.49. The third-order valence-electron chi connectivity index (χ3n) is 5.43. The topological polar surface area (TPSA) is 121 Å². The summed E-state index contributed by atoms with van der Waals surface area (Å²) in [6.07, 6.45) is 1.91. The molecule has 1 heterocycles. The summed E-state index contributed by atoms with van der Waals surface area (Å²) in [6.45, 7) is 5.90. The Kier molecular flexibility index (Phi) is 7.13. The second kappa shape index (κ2) is 9.34. The molecular weight excluding hydrogens is 369 g/mol. The highest BCUT2D eigenvalue weighted by molar-refractivity contribution is 5.59. The maximum atomic E-state index is 14.7. The number of hydrogen-bond acceptors (Lipinski definition) is 6. The zero-order chi connectivity index (χ0) is 21.6. The number of aliphatic hydroxyl groups excluding tert-OH is 1. The first-order valence-corrected chi connectivity index (χ1v) is 9.46. The van der Waals surface area contributed by atoms with Gasteiger partial charge in [-0.1, -0.05) is 31.2 Å². The minimum atomic E-state index is -1.79. The highest BCUT2D eigenvalue weighted by atomic mass is 19.1. The smallest absolute Gasteiger partial charge is 0.191 e. The van der Waals surface area contributed by atoms with Crippen molar-refractivity contribution in [2.75, 3.05) is 26.2 Å². The number of nitrogens with two attached hydrogens (primary N) is 1. The van der Waals surface area contributed by atoms with Crippen LogP contribution in [0.3, 0.4) is 0 Å². The highest BCUT2D eigenvalue weighted by Crippen LogP contribution is 2.54. The SMILES string of the molecule is CCN1CC=C2C(C#N)=C(N)C(C#N)(C#N)C(c3ccccc3F)C2C1.CCO. The zero-order valence-corrected chi connectivity index (χ0v) is 16.6. The monoisotopic (exact) mass is 393 g/mol. The quantitative estimate of drug-likeness (QED) is 0.796. The van der Waals surface area contributed by atoms with Gasteiger partial charge >= 0.3 is 0 Å². The van der Waals surface area contributed by atoms with Crippen molar-refractivity contribution in [3.8, 4) is 18.2 Å². The molecule has 0 saturated heterocycles. The van der Waals surface area contributed by atoms with E-state index >= 15 is 0 Å². The van der Waals surface area contributed by atoms with Gasteiger partial charge in [-0.05, 0) is 30.7 Å². The minimum absolute atomic E-state index is 0.0781. The van der Waals surface area contributed by atoms with E-state index in [1.165, 1.54) is 6.07 Å². The van der Waals surface area contributed by atoms with Gasteiger partial charge in [0.15, 0.2) is 5.41 Å². The van der Waals surface area contributed by atoms with Crippen molar-refractivity contribution in [2.45, 2.75) is 19.8 Å². The third kappa shape index (κ3) is 3.74. The van der Waals surface area contributed by atoms with E-state index in [1.54, 1.807) is 25.1 Å². The fourth-order valence-corrected chi connectivity index (χ4v) is 4.07. The van der Waals surface area contributed by atoms with Crippen molar-refractivity contribution in [1.82, 2.24) is 4.90 Å². The minimum Gasteiger partial charge on any atom is -0.399 e. The molecule has 0 aromatic heterocycles. The second-order valence-electron chi connectivity index (χ2n) is 6.87. The van der Waals surface area contributed by atoms with Gasteiger partial charge in [0.25, 0.3) is 0 Å². The highest BCUT2D eigenvalue weighted by Gasteiger charge is 2.55. The van der Waals surface area contributed by atoms with Crippen LogP contribution >= 0.6 is 0 Å². The molecular formula is C22H24FN5O. The standard InChI is InChI=1S/C20H18FN5.C2H6O/c1-2-26-8-7-13-15(9-22)19(25)20(11-23,12-24)18(16(13)10-26)14-5-3-4-6-17(14)21;1-2-3/h3-7,16,18H,2,8,10,25H2,1H3;3H,2H2,1H3. The van der Waals surface area contributed by atoms with Crippen LogP contribution in [0.25, 0.3) is 0 Å². The van der Waals surface area contributed by atoms with Gasteiger partial charge in [0.2, 0.25) is 0 Å². The molecule has 0 radical (unpaired) electrons. The molecule has 1 aromatic carbocycles. The molecule has 150 valence electrons. The fourth-order valence-electron chi connectivity index (χ4n) is 4.07. The fraction of sp³-hybridized carbons (Fsp3) is 0.409. The summed E-state index contributed by atoms with van der Waals surface area (Å²) in [6, 6.07) is 12.3. The molecule has 1 aliphatic heterocycles. The van der Waals surface area contributed by atoms with Gasteiger partial charge in [-0.15, -0.1) is 0 Å². The molecule has 29 heavy (non-hydrogen) atoms. The van der Waals surface area contributed by atoms with Crippen LogP contribution in [0.1, 0.15) is 25.3 Å². The maximum absolute atomic E-state index is 14.7. The molecule has 0 saturated carbocycles. The van der Waals surface area contributed by atoms with Gasteiger partial charge in [-0.2, -0.15) is 15.8 Å². The number of aliphatic hydroxyl groups is 1. The number of allylic oxidation sites excluding steroid dienone is 2. The van der Waals surface area contributed by atoms with Gasteiger partial charge in [0.05, 0.1) is 23.4 Å². The molecule has 0 amide bonds. The van der Waals surface area contributed by atoms with E-state index in [-0.39, 0.29) is 29.4 Å². The Hall–Kier alpha value is -3.18. The number of rotatable bonds is 2. The van der Waals surface area contributed by atoms with E-state index in [1.807, 2.05) is 25.1 Å². The molecule has 2 aliphatic rings. The number of likely N-dealkylation sites (N-methyl/N-ethyl adjacent to an activating group) is 1. The Morgan fingerprint density at radius 3 is 2.38 bits per heavy atom. The number of nitrogens with zero attached hydrogens (tertiary/aromatic N) is 4. The lowest BCUT2D eigenvalue weighted by Crippen LogP contribution is -2.48. The molecule has 0 fully saturated rings. The molecule has 2 atom stereocenters. The number of hydrogen-bond donors (Lipinski definition) is 2. The van der Waals surface area contributed by atoms with E-state index in [0.29, 0.717) is 18.7 Å². The zero-order valence-electron chi connectivity index (χ0n) is 16.6. The number of nitriles is 3. The average molecular weight is 393 g/mol. The van der Waals surface area contributed by atoms with Gasteiger partial charge in [-0.3, -0.25) is 4.90 Å². The van der Waals surface area contributed by atoms with Crippen LogP contribution in [-0.4, -0.2) is 36.2 Å². The van der Waals surface area contributed by atoms with Crippen LogP contribution in [0, 0.1) is 51.1 Å². The van der Waals surface area contributed by atoms with Crippen LogP contribution in [0.15, 0.2) is 47.2 Å². The third-order valence-corrected chi connectivity index (χ3v) is 5.43. The Labute approximate surface area is 170 Å². The number of fused-ring (bicyclic) bond motifs is 1. The van der Waals surface area contributed by atoms with Crippen molar-refractivity contribution in [3.63, 3.8) is 0 Å². The normalized spacial score (nSPS) is 22.7. The molecule has 3 N–H and O–H groups in total. The van der Waals surface area contributed by atoms with Gasteiger partial charge in [-0.25, -0.2) is 4.39 Å². The van der Waals surface area contributed by atoms with Crippen molar-refractivity contribution in [2.24, 2.45) is 17.1 Å². The Morgan fingerprint density at radius 1 is 1.24 bits per heavy atom. The van der Waals surface area contributed by atoms with E-state index in [4.69, 9.17) is 10.8 Å². The average Bonchev–Trinajstić information content (AvgIpc) is 2.74. The van der Waals surface area contributed by atoms with E-state index < -0.39 is 17.2 Å². The predicted octanol–water partition coefficient (Wildman–Crippen LogP) is 2.57. The summed E-state index contributed by atoms with van der Waals surface area (Å²) in [5, 5.41) is 37.0. The first kappa shape index (κ1) is 22.1. The summed E-state index contributed by atoms with van der Waals surface area (Å²) in [5.74, 6) is -1.62. The van der Waals surface area contributed by atoms with E-state index in [2.05, 4.69) is 11.0 Å². The summed E-state index contributed by atoms with van der Waals surface area (Å²) in [4.78, 5) is 2.14. The van der Waals surface area contributed by atoms with Gasteiger partial charge < -0.3 is 10.8 Å². The van der Waals surface area contributed by atoms with Crippen molar-refractivity contribution < 1.29 is 9.50 Å². The molecule has 7 heteroatoms.